The van der Waals surface area contributed by atoms with Crippen LogP contribution in [0.25, 0.3) is 10.8 Å². The number of hydrogen-bond acceptors (Lipinski definition) is 4. The van der Waals surface area contributed by atoms with Crippen LogP contribution >= 0.6 is 0 Å². The van der Waals surface area contributed by atoms with Gasteiger partial charge in [-0.3, -0.25) is 14.5 Å². The van der Waals surface area contributed by atoms with E-state index < -0.39 is 5.54 Å². The van der Waals surface area contributed by atoms with Crippen LogP contribution in [-0.2, 0) is 11.3 Å². The van der Waals surface area contributed by atoms with E-state index in [0.717, 1.165) is 30.4 Å². The summed E-state index contributed by atoms with van der Waals surface area (Å²) in [5, 5.41) is 8.14. The molecule has 2 aliphatic heterocycles. The van der Waals surface area contributed by atoms with Crippen molar-refractivity contribution in [1.82, 2.24) is 20.4 Å². The molecule has 0 unspecified atom stereocenters. The molecule has 1 spiro atoms. The van der Waals surface area contributed by atoms with Crippen molar-refractivity contribution in [3.05, 3.63) is 83.7 Å². The van der Waals surface area contributed by atoms with Crippen molar-refractivity contribution in [2.75, 3.05) is 32.8 Å². The first-order valence-electron chi connectivity index (χ1n) is 11.8. The zero-order valence-electron chi connectivity index (χ0n) is 19.1. The van der Waals surface area contributed by atoms with Crippen LogP contribution < -0.4 is 10.6 Å². The Bertz CT molecular complexity index is 1210. The highest BCUT2D eigenvalue weighted by molar-refractivity contribution is 5.98. The number of nitrogens with one attached hydrogen (secondary N) is 2. The van der Waals surface area contributed by atoms with Crippen LogP contribution in [0.15, 0.2) is 66.7 Å². The largest absolute Gasteiger partial charge is 0.351 e. The minimum atomic E-state index is -0.590. The second-order valence-corrected chi connectivity index (χ2v) is 9.14. The normalized spacial score (nSPS) is 18.3. The maximum absolute atomic E-state index is 14.2. The quantitative estimate of drug-likeness (QED) is 0.593. The molecule has 2 heterocycles. The standard InChI is InChI=1S/C27H29FN4O2/c28-24-8-4-3-7-23(24)18-32-19-30-26(34)27(32)11-14-31(15-12-27)16-13-29-25(33)22-10-9-20-5-1-2-6-21(20)17-22/h1-10,17H,11-16,18-19H2,(H,29,33)(H,30,34). The second kappa shape index (κ2) is 9.52. The van der Waals surface area contributed by atoms with Crippen LogP contribution in [0.5, 0.6) is 0 Å². The van der Waals surface area contributed by atoms with E-state index in [4.69, 9.17) is 0 Å². The molecular weight excluding hydrogens is 431 g/mol. The minimum Gasteiger partial charge on any atom is -0.351 e. The first-order valence-corrected chi connectivity index (χ1v) is 11.8. The lowest BCUT2D eigenvalue weighted by molar-refractivity contribution is -0.129. The molecular formula is C27H29FN4O2. The van der Waals surface area contributed by atoms with E-state index in [9.17, 15) is 14.0 Å². The summed E-state index contributed by atoms with van der Waals surface area (Å²) in [6, 6.07) is 20.5. The van der Waals surface area contributed by atoms with Gasteiger partial charge in [-0.05, 0) is 41.8 Å². The van der Waals surface area contributed by atoms with Gasteiger partial charge in [-0.2, -0.15) is 0 Å². The topological polar surface area (TPSA) is 64.7 Å². The summed E-state index contributed by atoms with van der Waals surface area (Å²) in [5.41, 5.74) is 0.674. The van der Waals surface area contributed by atoms with Gasteiger partial charge in [0, 0.05) is 43.9 Å². The highest BCUT2D eigenvalue weighted by atomic mass is 19.1. The number of piperidine rings is 1. The summed E-state index contributed by atoms with van der Waals surface area (Å²) in [7, 11) is 0. The van der Waals surface area contributed by atoms with Crippen LogP contribution in [-0.4, -0.2) is 60.0 Å². The summed E-state index contributed by atoms with van der Waals surface area (Å²) >= 11 is 0. The van der Waals surface area contributed by atoms with Gasteiger partial charge in [0.25, 0.3) is 5.91 Å². The number of carbonyl (C=O) groups excluding carboxylic acids is 2. The zero-order valence-corrected chi connectivity index (χ0v) is 19.1. The number of hydrogen-bond donors (Lipinski definition) is 2. The molecule has 2 saturated heterocycles. The van der Waals surface area contributed by atoms with Crippen molar-refractivity contribution in [2.45, 2.75) is 24.9 Å². The first kappa shape index (κ1) is 22.5. The Labute approximate surface area is 198 Å². The maximum atomic E-state index is 14.2. The van der Waals surface area contributed by atoms with Crippen molar-refractivity contribution in [3.63, 3.8) is 0 Å². The van der Waals surface area contributed by atoms with Crippen LogP contribution in [0.2, 0.25) is 0 Å². The zero-order chi connectivity index (χ0) is 23.5. The molecule has 0 atom stereocenters. The predicted octanol–water partition coefficient (Wildman–Crippen LogP) is 3.13. The van der Waals surface area contributed by atoms with Gasteiger partial charge < -0.3 is 15.5 Å². The molecule has 3 aromatic carbocycles. The molecule has 176 valence electrons. The molecule has 0 bridgehead atoms. The molecule has 2 amide bonds. The number of nitrogens with zero attached hydrogens (tertiary/aromatic N) is 2. The molecule has 7 heteroatoms. The lowest BCUT2D eigenvalue weighted by Gasteiger charge is -2.42. The third-order valence-corrected chi connectivity index (χ3v) is 7.19. The van der Waals surface area contributed by atoms with Crippen molar-refractivity contribution >= 4 is 22.6 Å². The number of likely N-dealkylation sites (tertiary alicyclic amines) is 1. The molecule has 0 aromatic heterocycles. The van der Waals surface area contributed by atoms with Crippen LogP contribution in [0.4, 0.5) is 4.39 Å². The molecule has 2 fully saturated rings. The molecule has 2 N–H and O–H groups in total. The van der Waals surface area contributed by atoms with Crippen molar-refractivity contribution in [1.29, 1.82) is 0 Å². The molecule has 6 nitrogen and oxygen atoms in total. The fraction of sp³-hybridized carbons (Fsp3) is 0.333. The average molecular weight is 461 g/mol. The molecule has 0 radical (unpaired) electrons. The van der Waals surface area contributed by atoms with Crippen molar-refractivity contribution in [3.8, 4) is 0 Å². The van der Waals surface area contributed by atoms with Crippen molar-refractivity contribution < 1.29 is 14.0 Å². The smallest absolute Gasteiger partial charge is 0.251 e. The van der Waals surface area contributed by atoms with Gasteiger partial charge in [-0.15, -0.1) is 0 Å². The fourth-order valence-electron chi connectivity index (χ4n) is 5.12. The third-order valence-electron chi connectivity index (χ3n) is 7.19. The molecule has 2 aliphatic rings. The fourth-order valence-corrected chi connectivity index (χ4v) is 5.12. The second-order valence-electron chi connectivity index (χ2n) is 9.14. The third kappa shape index (κ3) is 4.41. The predicted molar refractivity (Wildman–Crippen MR) is 130 cm³/mol. The summed E-state index contributed by atoms with van der Waals surface area (Å²) in [6.45, 7) is 3.64. The number of fused-ring (bicyclic) bond motifs is 1. The Kier molecular flexibility index (Phi) is 6.30. The number of rotatable bonds is 6. The van der Waals surface area contributed by atoms with Gasteiger partial charge >= 0.3 is 0 Å². The summed E-state index contributed by atoms with van der Waals surface area (Å²) < 4.78 is 14.2. The highest BCUT2D eigenvalue weighted by Crippen LogP contribution is 2.33. The van der Waals surface area contributed by atoms with E-state index in [-0.39, 0.29) is 17.6 Å². The first-order chi connectivity index (χ1) is 16.5. The van der Waals surface area contributed by atoms with Crippen LogP contribution in [0.1, 0.15) is 28.8 Å². The van der Waals surface area contributed by atoms with Crippen LogP contribution in [0.3, 0.4) is 0 Å². The maximum Gasteiger partial charge on any atom is 0.251 e. The lowest BCUT2D eigenvalue weighted by Crippen LogP contribution is -2.56. The Morgan fingerprint density at radius 1 is 1.00 bits per heavy atom. The Hall–Kier alpha value is -3.29. The van der Waals surface area contributed by atoms with Gasteiger partial charge in [0.05, 0.1) is 6.67 Å². The highest BCUT2D eigenvalue weighted by Gasteiger charge is 2.50. The summed E-state index contributed by atoms with van der Waals surface area (Å²) in [4.78, 5) is 29.7. The molecule has 3 aromatic rings. The van der Waals surface area contributed by atoms with E-state index in [0.29, 0.717) is 43.7 Å². The Morgan fingerprint density at radius 2 is 1.74 bits per heavy atom. The van der Waals surface area contributed by atoms with E-state index in [2.05, 4.69) is 20.4 Å². The van der Waals surface area contributed by atoms with E-state index >= 15 is 0 Å². The number of amides is 2. The molecule has 0 saturated carbocycles. The van der Waals surface area contributed by atoms with Crippen LogP contribution in [0, 0.1) is 5.82 Å². The monoisotopic (exact) mass is 460 g/mol. The number of carbonyl (C=O) groups is 2. The molecule has 0 aliphatic carbocycles. The van der Waals surface area contributed by atoms with Gasteiger partial charge in [-0.25, -0.2) is 4.39 Å². The Balaban J connectivity index is 1.14. The lowest BCUT2D eigenvalue weighted by atomic mass is 9.85. The summed E-state index contributed by atoms with van der Waals surface area (Å²) in [6.07, 6.45) is 1.37. The van der Waals surface area contributed by atoms with E-state index in [1.165, 1.54) is 6.07 Å². The van der Waals surface area contributed by atoms with Gasteiger partial charge in [0.1, 0.15) is 11.4 Å². The summed E-state index contributed by atoms with van der Waals surface area (Å²) in [5.74, 6) is -0.282. The number of halogens is 1. The van der Waals surface area contributed by atoms with Gasteiger partial charge in [0.15, 0.2) is 0 Å². The molecule has 34 heavy (non-hydrogen) atoms. The van der Waals surface area contributed by atoms with E-state index in [1.807, 2.05) is 48.5 Å². The van der Waals surface area contributed by atoms with E-state index in [1.54, 1.807) is 12.1 Å². The minimum absolute atomic E-state index is 0.0353. The molecule has 5 rings (SSSR count). The Morgan fingerprint density at radius 3 is 2.53 bits per heavy atom. The SMILES string of the molecule is O=C(NCCN1CCC2(CC1)C(=O)NCN2Cc1ccccc1F)c1ccc2ccccc2c1. The van der Waals surface area contributed by atoms with Gasteiger partial charge in [0.2, 0.25) is 5.91 Å². The number of benzene rings is 3. The average Bonchev–Trinajstić information content (AvgIpc) is 3.15. The van der Waals surface area contributed by atoms with Gasteiger partial charge in [-0.1, -0.05) is 48.5 Å². The van der Waals surface area contributed by atoms with Crippen molar-refractivity contribution in [2.24, 2.45) is 0 Å².